The number of aromatic nitrogens is 2. The number of hydrogen-bond donors (Lipinski definition) is 2. The Kier molecular flexibility index (Phi) is 2.14. The molecular weight excluding hydrogens is 164 g/mol. The summed E-state index contributed by atoms with van der Waals surface area (Å²) < 4.78 is 0. The highest BCUT2D eigenvalue weighted by Gasteiger charge is 2.31. The predicted octanol–water partition coefficient (Wildman–Crippen LogP) is 0.770. The second-order valence-corrected chi connectivity index (χ2v) is 3.68. The molecule has 1 aromatic heterocycles. The van der Waals surface area contributed by atoms with Gasteiger partial charge in [-0.1, -0.05) is 0 Å². The smallest absolute Gasteiger partial charge is 0.148 e. The van der Waals surface area contributed by atoms with E-state index in [4.69, 9.17) is 5.73 Å². The van der Waals surface area contributed by atoms with Crippen LogP contribution in [0, 0.1) is 0 Å². The second kappa shape index (κ2) is 3.30. The molecule has 4 nitrogen and oxygen atoms in total. The van der Waals surface area contributed by atoms with Crippen LogP contribution >= 0.6 is 0 Å². The van der Waals surface area contributed by atoms with Crippen LogP contribution in [0.1, 0.15) is 19.3 Å². The summed E-state index contributed by atoms with van der Waals surface area (Å²) in [7, 11) is 0. The first-order valence-electron chi connectivity index (χ1n) is 4.59. The molecule has 1 saturated carbocycles. The van der Waals surface area contributed by atoms with Crippen LogP contribution in [0.5, 0.6) is 0 Å². The minimum absolute atomic E-state index is 0.00246. The van der Waals surface area contributed by atoms with Gasteiger partial charge in [-0.05, 0) is 31.4 Å². The van der Waals surface area contributed by atoms with Crippen molar-refractivity contribution in [1.29, 1.82) is 0 Å². The van der Waals surface area contributed by atoms with Crippen LogP contribution in [0.2, 0.25) is 0 Å². The summed E-state index contributed by atoms with van der Waals surface area (Å²) in [5.41, 5.74) is 6.04. The fourth-order valence-electron chi connectivity index (χ4n) is 1.47. The summed E-state index contributed by atoms with van der Waals surface area (Å²) in [5, 5.41) is 10.9. The van der Waals surface area contributed by atoms with E-state index in [2.05, 4.69) is 15.5 Å². The molecule has 0 amide bonds. The normalized spacial score (nSPS) is 19.2. The summed E-state index contributed by atoms with van der Waals surface area (Å²) in [6.45, 7) is 0.797. The largest absolute Gasteiger partial charge is 0.367 e. The van der Waals surface area contributed by atoms with Crippen LogP contribution < -0.4 is 11.1 Å². The molecule has 1 aliphatic carbocycles. The lowest BCUT2D eigenvalue weighted by atomic mass is 9.78. The van der Waals surface area contributed by atoms with E-state index in [0.717, 1.165) is 25.2 Å². The molecule has 4 heteroatoms. The molecule has 0 unspecified atom stereocenters. The molecule has 1 heterocycles. The van der Waals surface area contributed by atoms with Crippen molar-refractivity contribution in [3.8, 4) is 0 Å². The Labute approximate surface area is 77.5 Å². The Bertz CT molecular complexity index is 268. The molecule has 0 aromatic carbocycles. The van der Waals surface area contributed by atoms with Crippen LogP contribution in [-0.4, -0.2) is 22.3 Å². The van der Waals surface area contributed by atoms with E-state index in [-0.39, 0.29) is 5.54 Å². The van der Waals surface area contributed by atoms with Crippen molar-refractivity contribution in [3.05, 3.63) is 18.3 Å². The van der Waals surface area contributed by atoms with Gasteiger partial charge >= 0.3 is 0 Å². The van der Waals surface area contributed by atoms with Crippen LogP contribution in [-0.2, 0) is 0 Å². The highest BCUT2D eigenvalue weighted by molar-refractivity contribution is 5.32. The predicted molar refractivity (Wildman–Crippen MR) is 51.3 cm³/mol. The van der Waals surface area contributed by atoms with E-state index in [1.165, 1.54) is 6.42 Å². The first kappa shape index (κ1) is 8.44. The van der Waals surface area contributed by atoms with Gasteiger partial charge in [0.2, 0.25) is 0 Å². The van der Waals surface area contributed by atoms with Gasteiger partial charge in [0, 0.05) is 18.3 Å². The van der Waals surface area contributed by atoms with Crippen molar-refractivity contribution in [1.82, 2.24) is 10.2 Å². The average molecular weight is 178 g/mol. The van der Waals surface area contributed by atoms with E-state index >= 15 is 0 Å². The van der Waals surface area contributed by atoms with Crippen LogP contribution in [0.25, 0.3) is 0 Å². The van der Waals surface area contributed by atoms with Gasteiger partial charge in [-0.15, -0.1) is 5.10 Å². The number of nitrogens with one attached hydrogen (secondary N) is 1. The quantitative estimate of drug-likeness (QED) is 0.717. The molecule has 0 bridgehead atoms. The summed E-state index contributed by atoms with van der Waals surface area (Å²) in [4.78, 5) is 0. The molecule has 0 radical (unpaired) electrons. The van der Waals surface area contributed by atoms with Crippen molar-refractivity contribution in [2.45, 2.75) is 24.8 Å². The third-order valence-corrected chi connectivity index (χ3v) is 2.54. The zero-order valence-corrected chi connectivity index (χ0v) is 7.53. The molecule has 13 heavy (non-hydrogen) atoms. The van der Waals surface area contributed by atoms with Crippen molar-refractivity contribution in [2.75, 3.05) is 11.9 Å². The minimum Gasteiger partial charge on any atom is -0.367 e. The maximum absolute atomic E-state index is 6.04. The van der Waals surface area contributed by atoms with Crippen molar-refractivity contribution in [2.24, 2.45) is 5.73 Å². The Hall–Kier alpha value is -1.16. The van der Waals surface area contributed by atoms with Gasteiger partial charge in [-0.2, -0.15) is 5.10 Å². The first-order chi connectivity index (χ1) is 6.29. The van der Waals surface area contributed by atoms with Crippen molar-refractivity contribution >= 4 is 5.82 Å². The molecule has 3 N–H and O–H groups in total. The van der Waals surface area contributed by atoms with Crippen molar-refractivity contribution in [3.63, 3.8) is 0 Å². The number of anilines is 1. The summed E-state index contributed by atoms with van der Waals surface area (Å²) in [5.74, 6) is 0.805. The number of nitrogens with zero attached hydrogens (tertiary/aromatic N) is 2. The SMILES string of the molecule is NC1(CNc2cccnn2)CCC1. The Morgan fingerprint density at radius 3 is 2.92 bits per heavy atom. The molecule has 0 aliphatic heterocycles. The zero-order valence-electron chi connectivity index (χ0n) is 7.53. The Balaban J connectivity index is 1.86. The molecule has 1 fully saturated rings. The third kappa shape index (κ3) is 1.95. The van der Waals surface area contributed by atoms with Gasteiger partial charge < -0.3 is 11.1 Å². The molecule has 70 valence electrons. The fourth-order valence-corrected chi connectivity index (χ4v) is 1.47. The maximum atomic E-state index is 6.04. The molecule has 2 rings (SSSR count). The molecule has 1 aromatic rings. The molecular formula is C9H14N4. The Morgan fingerprint density at radius 2 is 2.38 bits per heavy atom. The topological polar surface area (TPSA) is 63.8 Å². The first-order valence-corrected chi connectivity index (χ1v) is 4.59. The average Bonchev–Trinajstić information content (AvgIpc) is 2.13. The lowest BCUT2D eigenvalue weighted by Crippen LogP contribution is -2.52. The third-order valence-electron chi connectivity index (χ3n) is 2.54. The molecule has 1 aliphatic rings. The highest BCUT2D eigenvalue weighted by Crippen LogP contribution is 2.28. The number of hydrogen-bond acceptors (Lipinski definition) is 4. The molecule has 0 atom stereocenters. The van der Waals surface area contributed by atoms with E-state index in [9.17, 15) is 0 Å². The summed E-state index contributed by atoms with van der Waals surface area (Å²) >= 11 is 0. The van der Waals surface area contributed by atoms with E-state index < -0.39 is 0 Å². The van der Waals surface area contributed by atoms with Crippen LogP contribution in [0.4, 0.5) is 5.82 Å². The number of nitrogens with two attached hydrogens (primary N) is 1. The minimum atomic E-state index is -0.00246. The van der Waals surface area contributed by atoms with Gasteiger partial charge in [-0.25, -0.2) is 0 Å². The zero-order chi connectivity index (χ0) is 9.15. The van der Waals surface area contributed by atoms with Gasteiger partial charge in [0.1, 0.15) is 5.82 Å². The lowest BCUT2D eigenvalue weighted by molar-refractivity contribution is 0.265. The molecule has 0 spiro atoms. The van der Waals surface area contributed by atoms with E-state index in [0.29, 0.717) is 0 Å². The van der Waals surface area contributed by atoms with Gasteiger partial charge in [-0.3, -0.25) is 0 Å². The summed E-state index contributed by atoms with van der Waals surface area (Å²) in [6.07, 6.45) is 5.13. The van der Waals surface area contributed by atoms with E-state index in [1.54, 1.807) is 6.20 Å². The second-order valence-electron chi connectivity index (χ2n) is 3.68. The monoisotopic (exact) mass is 178 g/mol. The lowest BCUT2D eigenvalue weighted by Gasteiger charge is -2.38. The van der Waals surface area contributed by atoms with Crippen LogP contribution in [0.15, 0.2) is 18.3 Å². The standard InChI is InChI=1S/C9H14N4/c10-9(4-2-5-9)7-11-8-3-1-6-12-13-8/h1,3,6H,2,4-5,7,10H2,(H,11,13). The van der Waals surface area contributed by atoms with Crippen LogP contribution in [0.3, 0.4) is 0 Å². The highest BCUT2D eigenvalue weighted by atomic mass is 15.2. The summed E-state index contributed by atoms with van der Waals surface area (Å²) in [6, 6.07) is 3.76. The van der Waals surface area contributed by atoms with Gasteiger partial charge in [0.15, 0.2) is 0 Å². The fraction of sp³-hybridized carbons (Fsp3) is 0.556. The maximum Gasteiger partial charge on any atom is 0.148 e. The van der Waals surface area contributed by atoms with Crippen molar-refractivity contribution < 1.29 is 0 Å². The van der Waals surface area contributed by atoms with Gasteiger partial charge in [0.25, 0.3) is 0 Å². The number of rotatable bonds is 3. The van der Waals surface area contributed by atoms with Gasteiger partial charge in [0.05, 0.1) is 0 Å². The Morgan fingerprint density at radius 1 is 1.54 bits per heavy atom. The van der Waals surface area contributed by atoms with E-state index in [1.807, 2.05) is 12.1 Å². The molecule has 0 saturated heterocycles.